The minimum absolute atomic E-state index is 0.404. The van der Waals surface area contributed by atoms with Crippen molar-refractivity contribution in [2.24, 2.45) is 11.3 Å². The summed E-state index contributed by atoms with van der Waals surface area (Å²) in [5.74, 6) is 0.822. The van der Waals surface area contributed by atoms with Gasteiger partial charge in [0.15, 0.2) is 0 Å². The van der Waals surface area contributed by atoms with Gasteiger partial charge in [-0.25, -0.2) is 0 Å². The van der Waals surface area contributed by atoms with Gasteiger partial charge in [-0.2, -0.15) is 0 Å². The van der Waals surface area contributed by atoms with Gasteiger partial charge in [0, 0.05) is 7.11 Å². The summed E-state index contributed by atoms with van der Waals surface area (Å²) >= 11 is 0. The van der Waals surface area contributed by atoms with E-state index in [4.69, 9.17) is 4.74 Å². The predicted octanol–water partition coefficient (Wildman–Crippen LogP) is 1.27. The molecule has 0 radical (unpaired) electrons. The lowest BCUT2D eigenvalue weighted by atomic mass is 10.00. The molecule has 3 atom stereocenters. The molecule has 0 aromatic carbocycles. The van der Waals surface area contributed by atoms with Crippen LogP contribution in [0.4, 0.5) is 0 Å². The fourth-order valence-corrected chi connectivity index (χ4v) is 1.79. The maximum atomic E-state index is 5.33. The number of methoxy groups -OCH3 is 1. The van der Waals surface area contributed by atoms with E-state index in [-0.39, 0.29) is 0 Å². The van der Waals surface area contributed by atoms with Gasteiger partial charge in [0.2, 0.25) is 0 Å². The van der Waals surface area contributed by atoms with Crippen molar-refractivity contribution in [1.29, 1.82) is 0 Å². The van der Waals surface area contributed by atoms with Crippen LogP contribution in [-0.2, 0) is 4.74 Å². The molecular weight excluding hydrogens is 138 g/mol. The molecule has 0 spiro atoms. The first-order valence-corrected chi connectivity index (χ1v) is 4.32. The third kappa shape index (κ3) is 1.57. The smallest absolute Gasteiger partial charge is 0.0600 e. The number of hydrogen-bond donors (Lipinski definition) is 1. The second kappa shape index (κ2) is 3.11. The highest BCUT2D eigenvalue weighted by Gasteiger charge is 2.53. The van der Waals surface area contributed by atoms with E-state index in [0.29, 0.717) is 11.5 Å². The topological polar surface area (TPSA) is 21.3 Å². The summed E-state index contributed by atoms with van der Waals surface area (Å²) in [5.41, 5.74) is 0.442. The summed E-state index contributed by atoms with van der Waals surface area (Å²) in [5, 5.41) is 3.21. The summed E-state index contributed by atoms with van der Waals surface area (Å²) < 4.78 is 5.33. The van der Waals surface area contributed by atoms with E-state index in [1.165, 1.54) is 6.42 Å². The van der Waals surface area contributed by atoms with Crippen LogP contribution >= 0.6 is 0 Å². The molecule has 0 aliphatic heterocycles. The van der Waals surface area contributed by atoms with Crippen molar-refractivity contribution >= 4 is 0 Å². The molecule has 1 aliphatic rings. The standard InChI is InChI=1S/C9H19NO/c1-7(11-4)9(2)5-8(9)6-10-3/h7-8,10H,5-6H2,1-4H3. The molecule has 66 valence electrons. The fourth-order valence-electron chi connectivity index (χ4n) is 1.79. The molecule has 1 aliphatic carbocycles. The average molecular weight is 157 g/mol. The van der Waals surface area contributed by atoms with E-state index < -0.39 is 0 Å². The van der Waals surface area contributed by atoms with Crippen LogP contribution in [0, 0.1) is 11.3 Å². The first-order chi connectivity index (χ1) is 5.15. The van der Waals surface area contributed by atoms with Crippen molar-refractivity contribution in [3.63, 3.8) is 0 Å². The quantitative estimate of drug-likeness (QED) is 0.663. The Kier molecular flexibility index (Phi) is 2.55. The second-order valence-corrected chi connectivity index (χ2v) is 3.84. The Hall–Kier alpha value is -0.0800. The first-order valence-electron chi connectivity index (χ1n) is 4.32. The van der Waals surface area contributed by atoms with Crippen LogP contribution in [-0.4, -0.2) is 26.8 Å². The van der Waals surface area contributed by atoms with Gasteiger partial charge in [0.05, 0.1) is 6.10 Å². The zero-order chi connectivity index (χ0) is 8.48. The Morgan fingerprint density at radius 2 is 2.36 bits per heavy atom. The van der Waals surface area contributed by atoms with Gasteiger partial charge < -0.3 is 10.1 Å². The van der Waals surface area contributed by atoms with Crippen LogP contribution in [0.15, 0.2) is 0 Å². The highest BCUT2D eigenvalue weighted by Crippen LogP contribution is 2.54. The van der Waals surface area contributed by atoms with Crippen molar-refractivity contribution in [1.82, 2.24) is 5.32 Å². The fraction of sp³-hybridized carbons (Fsp3) is 1.00. The van der Waals surface area contributed by atoms with Crippen molar-refractivity contribution < 1.29 is 4.74 Å². The molecule has 1 fully saturated rings. The van der Waals surface area contributed by atoms with Crippen molar-refractivity contribution in [3.8, 4) is 0 Å². The van der Waals surface area contributed by atoms with Crippen LogP contribution in [0.1, 0.15) is 20.3 Å². The summed E-state index contributed by atoms with van der Waals surface area (Å²) in [6, 6.07) is 0. The van der Waals surface area contributed by atoms with Crippen molar-refractivity contribution in [2.75, 3.05) is 20.7 Å². The summed E-state index contributed by atoms with van der Waals surface area (Å²) in [7, 11) is 3.81. The lowest BCUT2D eigenvalue weighted by Crippen LogP contribution is -2.23. The normalized spacial score (nSPS) is 38.7. The average Bonchev–Trinajstić information content (AvgIpc) is 2.63. The number of ether oxygens (including phenoxy) is 1. The highest BCUT2D eigenvalue weighted by molar-refractivity contribution is 5.03. The molecule has 1 saturated carbocycles. The zero-order valence-corrected chi connectivity index (χ0v) is 7.98. The molecule has 11 heavy (non-hydrogen) atoms. The van der Waals surface area contributed by atoms with Crippen LogP contribution in [0.5, 0.6) is 0 Å². The third-order valence-electron chi connectivity index (χ3n) is 3.19. The largest absolute Gasteiger partial charge is 0.381 e. The molecule has 2 heteroatoms. The van der Waals surface area contributed by atoms with Gasteiger partial charge in [-0.05, 0) is 38.3 Å². The number of rotatable bonds is 4. The van der Waals surface area contributed by atoms with Crippen molar-refractivity contribution in [3.05, 3.63) is 0 Å². The molecule has 0 bridgehead atoms. The zero-order valence-electron chi connectivity index (χ0n) is 7.98. The molecule has 0 aromatic rings. The lowest BCUT2D eigenvalue weighted by Gasteiger charge is -2.18. The van der Waals surface area contributed by atoms with Gasteiger partial charge in [-0.3, -0.25) is 0 Å². The first kappa shape index (κ1) is 9.01. The highest BCUT2D eigenvalue weighted by atomic mass is 16.5. The number of hydrogen-bond acceptors (Lipinski definition) is 2. The molecular formula is C9H19NO. The van der Waals surface area contributed by atoms with Crippen molar-refractivity contribution in [2.45, 2.75) is 26.4 Å². The molecule has 0 saturated heterocycles. The van der Waals surface area contributed by atoms with E-state index >= 15 is 0 Å². The van der Waals surface area contributed by atoms with E-state index in [9.17, 15) is 0 Å². The Bertz CT molecular complexity index is 138. The summed E-state index contributed by atoms with van der Waals surface area (Å²) in [6.45, 7) is 5.60. The number of nitrogens with one attached hydrogen (secondary N) is 1. The Morgan fingerprint density at radius 3 is 2.82 bits per heavy atom. The predicted molar refractivity (Wildman–Crippen MR) is 46.6 cm³/mol. The Labute approximate surface area is 69.3 Å². The summed E-state index contributed by atoms with van der Waals surface area (Å²) in [4.78, 5) is 0. The van der Waals surface area contributed by atoms with Gasteiger partial charge in [0.25, 0.3) is 0 Å². The van der Waals surface area contributed by atoms with Crippen LogP contribution in [0.2, 0.25) is 0 Å². The molecule has 1 rings (SSSR count). The summed E-state index contributed by atoms with van der Waals surface area (Å²) in [6.07, 6.45) is 1.71. The minimum Gasteiger partial charge on any atom is -0.381 e. The van der Waals surface area contributed by atoms with Gasteiger partial charge in [-0.1, -0.05) is 6.92 Å². The SMILES string of the molecule is CNCC1CC1(C)C(C)OC. The molecule has 1 N–H and O–H groups in total. The monoisotopic (exact) mass is 157 g/mol. The second-order valence-electron chi connectivity index (χ2n) is 3.84. The third-order valence-corrected chi connectivity index (χ3v) is 3.19. The van der Waals surface area contributed by atoms with Crippen LogP contribution in [0.3, 0.4) is 0 Å². The van der Waals surface area contributed by atoms with Gasteiger partial charge in [0.1, 0.15) is 0 Å². The van der Waals surface area contributed by atoms with E-state index in [1.807, 2.05) is 7.05 Å². The lowest BCUT2D eigenvalue weighted by molar-refractivity contribution is 0.0553. The molecule has 0 heterocycles. The van der Waals surface area contributed by atoms with E-state index in [1.54, 1.807) is 7.11 Å². The van der Waals surface area contributed by atoms with Crippen LogP contribution in [0.25, 0.3) is 0 Å². The maximum absolute atomic E-state index is 5.33. The Balaban J connectivity index is 2.35. The van der Waals surface area contributed by atoms with Gasteiger partial charge in [-0.15, -0.1) is 0 Å². The molecule has 3 unspecified atom stereocenters. The Morgan fingerprint density at radius 1 is 1.73 bits per heavy atom. The molecule has 0 aromatic heterocycles. The minimum atomic E-state index is 0.404. The molecule has 2 nitrogen and oxygen atoms in total. The van der Waals surface area contributed by atoms with E-state index in [2.05, 4.69) is 19.2 Å². The molecule has 0 amide bonds. The van der Waals surface area contributed by atoms with E-state index in [0.717, 1.165) is 12.5 Å². The van der Waals surface area contributed by atoms with Gasteiger partial charge >= 0.3 is 0 Å². The maximum Gasteiger partial charge on any atom is 0.0600 e. The van der Waals surface area contributed by atoms with Crippen LogP contribution < -0.4 is 5.32 Å².